The van der Waals surface area contributed by atoms with Gasteiger partial charge in [0.25, 0.3) is 0 Å². The molecule has 0 aliphatic carbocycles. The zero-order chi connectivity index (χ0) is 14.8. The van der Waals surface area contributed by atoms with Crippen LogP contribution in [-0.4, -0.2) is 50.5 Å². The number of carbonyl (C=O) groups is 1. The third kappa shape index (κ3) is 3.69. The summed E-state index contributed by atoms with van der Waals surface area (Å²) in [5, 5.41) is 11.3. The Labute approximate surface area is 119 Å². The third-order valence-electron chi connectivity index (χ3n) is 3.12. The van der Waals surface area contributed by atoms with Crippen LogP contribution in [0.5, 0.6) is 0 Å². The molecule has 7 heteroatoms. The Morgan fingerprint density at radius 2 is 2.20 bits per heavy atom. The zero-order valence-corrected chi connectivity index (χ0v) is 12.6. The second kappa shape index (κ2) is 5.78. The smallest absolute Gasteiger partial charge is 0.410 e. The van der Waals surface area contributed by atoms with Gasteiger partial charge < -0.3 is 19.5 Å². The number of nitrogens with zero attached hydrogens (tertiary/aromatic N) is 4. The summed E-state index contributed by atoms with van der Waals surface area (Å²) < 4.78 is 7.31. The number of aromatic nitrogens is 3. The third-order valence-corrected chi connectivity index (χ3v) is 3.12. The normalized spacial score (nSPS) is 16.1. The quantitative estimate of drug-likeness (QED) is 0.891. The predicted molar refractivity (Wildman–Crippen MR) is 74.1 cm³/mol. The molecule has 0 unspecified atom stereocenters. The number of rotatable bonds is 4. The number of ether oxygens (including phenoxy) is 1. The van der Waals surface area contributed by atoms with Gasteiger partial charge in [-0.15, -0.1) is 10.2 Å². The number of hydrogen-bond acceptors (Lipinski definition) is 5. The summed E-state index contributed by atoms with van der Waals surface area (Å²) >= 11 is 0. The molecule has 112 valence electrons. The minimum atomic E-state index is -0.437. The van der Waals surface area contributed by atoms with Gasteiger partial charge in [-0.25, -0.2) is 4.79 Å². The lowest BCUT2D eigenvalue weighted by molar-refractivity contribution is 0.00510. The highest BCUT2D eigenvalue weighted by molar-refractivity contribution is 5.69. The molecule has 0 aromatic carbocycles. The molecule has 1 N–H and O–H groups in total. The van der Waals surface area contributed by atoms with Crippen molar-refractivity contribution < 1.29 is 9.53 Å². The van der Waals surface area contributed by atoms with E-state index in [0.29, 0.717) is 25.7 Å². The minimum Gasteiger partial charge on any atom is -0.444 e. The van der Waals surface area contributed by atoms with Crippen LogP contribution in [-0.2, 0) is 17.8 Å². The van der Waals surface area contributed by atoms with Crippen LogP contribution >= 0.6 is 0 Å². The molecular weight excluding hydrogens is 258 g/mol. The summed E-state index contributed by atoms with van der Waals surface area (Å²) in [6.07, 6.45) is 1.48. The lowest BCUT2D eigenvalue weighted by Crippen LogP contribution is -2.60. The fraction of sp³-hybridized carbons (Fsp3) is 0.769. The van der Waals surface area contributed by atoms with Crippen molar-refractivity contribution >= 4 is 6.09 Å². The van der Waals surface area contributed by atoms with Gasteiger partial charge in [-0.2, -0.15) is 0 Å². The van der Waals surface area contributed by atoms with Crippen molar-refractivity contribution in [1.29, 1.82) is 0 Å². The Morgan fingerprint density at radius 3 is 2.80 bits per heavy atom. The SMILES string of the molecule is CCn1cnnc1CNC1CN(C(=O)OC(C)(C)C)C1. The van der Waals surface area contributed by atoms with Crippen molar-refractivity contribution in [3.8, 4) is 0 Å². The summed E-state index contributed by atoms with van der Waals surface area (Å²) in [5.74, 6) is 0.920. The first kappa shape index (κ1) is 14.8. The summed E-state index contributed by atoms with van der Waals surface area (Å²) in [7, 11) is 0. The topological polar surface area (TPSA) is 72.3 Å². The first-order chi connectivity index (χ1) is 9.39. The largest absolute Gasteiger partial charge is 0.444 e. The van der Waals surface area contributed by atoms with Crippen LogP contribution in [0.1, 0.15) is 33.5 Å². The number of carbonyl (C=O) groups excluding carboxylic acids is 1. The second-order valence-corrected chi connectivity index (χ2v) is 6.00. The van der Waals surface area contributed by atoms with E-state index in [1.54, 1.807) is 11.2 Å². The zero-order valence-electron chi connectivity index (χ0n) is 12.6. The molecular formula is C13H23N5O2. The number of amides is 1. The summed E-state index contributed by atoms with van der Waals surface area (Å²) in [6.45, 7) is 10.6. The van der Waals surface area contributed by atoms with Crippen molar-refractivity contribution in [2.75, 3.05) is 13.1 Å². The van der Waals surface area contributed by atoms with Crippen LogP contribution < -0.4 is 5.32 Å². The Morgan fingerprint density at radius 1 is 1.50 bits per heavy atom. The monoisotopic (exact) mass is 281 g/mol. The molecule has 0 radical (unpaired) electrons. The van der Waals surface area contributed by atoms with Crippen LogP contribution in [0, 0.1) is 0 Å². The molecule has 7 nitrogen and oxygen atoms in total. The van der Waals surface area contributed by atoms with E-state index in [0.717, 1.165) is 12.4 Å². The molecule has 1 saturated heterocycles. The van der Waals surface area contributed by atoms with Gasteiger partial charge in [0.1, 0.15) is 17.8 Å². The van der Waals surface area contributed by atoms with Gasteiger partial charge >= 0.3 is 6.09 Å². The van der Waals surface area contributed by atoms with E-state index in [1.807, 2.05) is 25.3 Å². The van der Waals surface area contributed by atoms with Gasteiger partial charge in [0, 0.05) is 25.7 Å². The molecule has 1 aliphatic rings. The molecule has 1 amide bonds. The average molecular weight is 281 g/mol. The van der Waals surface area contributed by atoms with Crippen molar-refractivity contribution in [1.82, 2.24) is 25.0 Å². The highest BCUT2D eigenvalue weighted by atomic mass is 16.6. The maximum absolute atomic E-state index is 11.8. The lowest BCUT2D eigenvalue weighted by Gasteiger charge is -2.40. The first-order valence-electron chi connectivity index (χ1n) is 6.97. The van der Waals surface area contributed by atoms with E-state index in [2.05, 4.69) is 22.4 Å². The molecule has 0 bridgehead atoms. The molecule has 0 atom stereocenters. The molecule has 20 heavy (non-hydrogen) atoms. The van der Waals surface area contributed by atoms with Gasteiger partial charge in [-0.3, -0.25) is 0 Å². The van der Waals surface area contributed by atoms with Crippen LogP contribution in [0.15, 0.2) is 6.33 Å². The molecule has 1 fully saturated rings. The maximum atomic E-state index is 11.8. The summed E-state index contributed by atoms with van der Waals surface area (Å²) in [5.41, 5.74) is -0.437. The van der Waals surface area contributed by atoms with Crippen molar-refractivity contribution in [3.63, 3.8) is 0 Å². The Bertz CT molecular complexity index is 460. The van der Waals surface area contributed by atoms with E-state index in [4.69, 9.17) is 4.74 Å². The maximum Gasteiger partial charge on any atom is 0.410 e. The van der Waals surface area contributed by atoms with Crippen molar-refractivity contribution in [2.45, 2.75) is 52.4 Å². The Kier molecular flexibility index (Phi) is 4.27. The summed E-state index contributed by atoms with van der Waals surface area (Å²) in [4.78, 5) is 13.5. The van der Waals surface area contributed by atoms with Gasteiger partial charge in [-0.1, -0.05) is 0 Å². The van der Waals surface area contributed by atoms with Crippen LogP contribution in [0.25, 0.3) is 0 Å². The number of aryl methyl sites for hydroxylation is 1. The van der Waals surface area contributed by atoms with E-state index in [1.165, 1.54) is 0 Å². The van der Waals surface area contributed by atoms with Crippen LogP contribution in [0.4, 0.5) is 4.79 Å². The summed E-state index contributed by atoms with van der Waals surface area (Å²) in [6, 6.07) is 0.296. The molecule has 1 aliphatic heterocycles. The second-order valence-electron chi connectivity index (χ2n) is 6.00. The van der Waals surface area contributed by atoms with E-state index in [-0.39, 0.29) is 6.09 Å². The number of nitrogens with one attached hydrogen (secondary N) is 1. The van der Waals surface area contributed by atoms with Crippen LogP contribution in [0.3, 0.4) is 0 Å². The van der Waals surface area contributed by atoms with E-state index < -0.39 is 5.60 Å². The standard InChI is InChI=1S/C13H23N5O2/c1-5-17-9-15-16-11(17)6-14-10-7-18(8-10)12(19)20-13(2,3)4/h9-10,14H,5-8H2,1-4H3. The Hall–Kier alpha value is -1.63. The molecule has 0 spiro atoms. The Balaban J connectivity index is 1.71. The van der Waals surface area contributed by atoms with E-state index >= 15 is 0 Å². The molecule has 1 aromatic heterocycles. The number of likely N-dealkylation sites (tertiary alicyclic amines) is 1. The fourth-order valence-electron chi connectivity index (χ4n) is 2.00. The first-order valence-corrected chi connectivity index (χ1v) is 6.97. The van der Waals surface area contributed by atoms with Gasteiger partial charge in [0.15, 0.2) is 0 Å². The van der Waals surface area contributed by atoms with Gasteiger partial charge in [0.05, 0.1) is 6.54 Å². The van der Waals surface area contributed by atoms with E-state index in [9.17, 15) is 4.79 Å². The predicted octanol–water partition coefficient (Wildman–Crippen LogP) is 1.01. The van der Waals surface area contributed by atoms with Gasteiger partial charge in [0.2, 0.25) is 0 Å². The average Bonchev–Trinajstić information content (AvgIpc) is 2.71. The van der Waals surface area contributed by atoms with Gasteiger partial charge in [-0.05, 0) is 27.7 Å². The molecule has 0 saturated carbocycles. The highest BCUT2D eigenvalue weighted by Gasteiger charge is 2.33. The minimum absolute atomic E-state index is 0.243. The fourth-order valence-corrected chi connectivity index (χ4v) is 2.00. The molecule has 1 aromatic rings. The molecule has 2 heterocycles. The highest BCUT2D eigenvalue weighted by Crippen LogP contribution is 2.15. The van der Waals surface area contributed by atoms with Crippen molar-refractivity contribution in [3.05, 3.63) is 12.2 Å². The molecule has 2 rings (SSSR count). The van der Waals surface area contributed by atoms with Crippen molar-refractivity contribution in [2.24, 2.45) is 0 Å². The lowest BCUT2D eigenvalue weighted by atomic mass is 10.1. The van der Waals surface area contributed by atoms with Crippen LogP contribution in [0.2, 0.25) is 0 Å². The number of hydrogen-bond donors (Lipinski definition) is 1.